The molecule has 0 spiro atoms. The summed E-state index contributed by atoms with van der Waals surface area (Å²) in [7, 11) is 0. The summed E-state index contributed by atoms with van der Waals surface area (Å²) in [4.78, 5) is 27.1. The van der Waals surface area contributed by atoms with Crippen LogP contribution in [0.1, 0.15) is 35.2 Å². The zero-order valence-corrected chi connectivity index (χ0v) is 20.0. The van der Waals surface area contributed by atoms with Crippen molar-refractivity contribution in [1.82, 2.24) is 0 Å². The van der Waals surface area contributed by atoms with E-state index in [1.54, 1.807) is 60.7 Å². The van der Waals surface area contributed by atoms with E-state index in [0.717, 1.165) is 0 Å². The number of ether oxygens (including phenoxy) is 4. The summed E-state index contributed by atoms with van der Waals surface area (Å²) in [6.07, 6.45) is -3.42. The lowest BCUT2D eigenvalue weighted by Gasteiger charge is -2.34. The van der Waals surface area contributed by atoms with Crippen molar-refractivity contribution in [2.75, 3.05) is 12.1 Å². The van der Waals surface area contributed by atoms with E-state index in [9.17, 15) is 14.7 Å². The van der Waals surface area contributed by atoms with E-state index >= 15 is 0 Å². The Hall–Kier alpha value is -3.30. The van der Waals surface area contributed by atoms with Gasteiger partial charge in [0, 0.05) is 17.3 Å². The van der Waals surface area contributed by atoms with Crippen LogP contribution in [0.4, 0.5) is 5.69 Å². The van der Waals surface area contributed by atoms with Crippen molar-refractivity contribution in [1.29, 1.82) is 0 Å². The molecule has 3 aromatic carbocycles. The van der Waals surface area contributed by atoms with Gasteiger partial charge >= 0.3 is 5.97 Å². The normalized spacial score (nSPS) is 26.0. The number of halogens is 2. The molecule has 3 aliphatic rings. The van der Waals surface area contributed by atoms with Crippen LogP contribution in [0, 0.1) is 11.8 Å². The molecule has 0 aromatic heterocycles. The van der Waals surface area contributed by atoms with Gasteiger partial charge in [-0.2, -0.15) is 0 Å². The minimum atomic E-state index is -1.31. The van der Waals surface area contributed by atoms with Gasteiger partial charge < -0.3 is 29.4 Å². The second kappa shape index (κ2) is 8.97. The van der Waals surface area contributed by atoms with Crippen LogP contribution in [0.5, 0.6) is 11.5 Å². The van der Waals surface area contributed by atoms with E-state index < -0.39 is 42.2 Å². The van der Waals surface area contributed by atoms with Gasteiger partial charge in [-0.1, -0.05) is 53.5 Å². The molecule has 8 nitrogen and oxygen atoms in total. The van der Waals surface area contributed by atoms with Gasteiger partial charge in [0.25, 0.3) is 0 Å². The minimum absolute atomic E-state index is 0.0868. The lowest BCUT2D eigenvalue weighted by Crippen LogP contribution is -2.40. The molecule has 3 aliphatic heterocycles. The average molecular weight is 528 g/mol. The highest BCUT2D eigenvalue weighted by atomic mass is 35.5. The lowest BCUT2D eigenvalue weighted by molar-refractivity contribution is -0.184. The monoisotopic (exact) mass is 527 g/mol. The highest BCUT2D eigenvalue weighted by Crippen LogP contribution is 2.50. The number of rotatable bonds is 3. The molecular weight excluding hydrogens is 509 g/mol. The van der Waals surface area contributed by atoms with Crippen molar-refractivity contribution in [2.24, 2.45) is 11.8 Å². The Morgan fingerprint density at radius 3 is 2.53 bits per heavy atom. The summed E-state index contributed by atoms with van der Waals surface area (Å²) in [5.74, 6) is -2.68. The van der Waals surface area contributed by atoms with Crippen molar-refractivity contribution >= 4 is 40.8 Å². The van der Waals surface area contributed by atoms with Gasteiger partial charge in [-0.25, -0.2) is 0 Å². The maximum atomic E-state index is 13.8. The molecule has 36 heavy (non-hydrogen) atoms. The van der Waals surface area contributed by atoms with E-state index in [1.165, 1.54) is 0 Å². The van der Waals surface area contributed by atoms with Gasteiger partial charge in [0.15, 0.2) is 11.5 Å². The Morgan fingerprint density at radius 1 is 0.944 bits per heavy atom. The molecule has 3 aromatic rings. The number of anilines is 1. The molecule has 0 aliphatic carbocycles. The molecule has 6 rings (SSSR count). The highest BCUT2D eigenvalue weighted by Gasteiger charge is 2.53. The first-order valence-corrected chi connectivity index (χ1v) is 11.9. The lowest BCUT2D eigenvalue weighted by atomic mass is 9.77. The van der Waals surface area contributed by atoms with E-state index in [4.69, 9.17) is 42.1 Å². The largest absolute Gasteiger partial charge is 0.454 e. The van der Waals surface area contributed by atoms with Gasteiger partial charge in [-0.05, 0) is 35.4 Å². The SMILES string of the molecule is O=C1O[C@@H]2OC(c3ccc(Cl)c(Cl)c3)[C@H](C(=O)Nc3ccc4c(c3)OCO4)[C@H]1[C@H](O)c1ccccc12. The molecule has 1 unspecified atom stereocenters. The third-order valence-corrected chi connectivity index (χ3v) is 7.34. The molecule has 1 fully saturated rings. The Labute approximate surface area is 215 Å². The quantitative estimate of drug-likeness (QED) is 0.464. The Bertz CT molecular complexity index is 1380. The van der Waals surface area contributed by atoms with Gasteiger partial charge in [0.1, 0.15) is 5.92 Å². The number of hydrogen-bond acceptors (Lipinski definition) is 7. The number of esters is 1. The topological polar surface area (TPSA) is 103 Å². The number of carbonyl (C=O) groups excluding carboxylic acids is 2. The first-order valence-electron chi connectivity index (χ1n) is 11.2. The number of benzene rings is 3. The van der Waals surface area contributed by atoms with Crippen molar-refractivity contribution in [3.8, 4) is 11.5 Å². The summed E-state index contributed by atoms with van der Waals surface area (Å²) in [5, 5.41) is 14.8. The number of amides is 1. The standard InChI is InChI=1S/C26H19Cl2NO7/c27-16-7-5-12(9-17(16)28)23-21(24(31)29-13-6-8-18-19(10-13)34-11-33-18)20-22(30)14-3-1-2-4-15(14)26(35-23)36-25(20)32/h1-10,20-23,26,30H,11H2,(H,29,31)/t20-,21+,22+,23?,26-/m0/s1. The number of aliphatic hydroxyl groups is 1. The number of nitrogens with one attached hydrogen (secondary N) is 1. The van der Waals surface area contributed by atoms with Crippen LogP contribution >= 0.6 is 23.2 Å². The van der Waals surface area contributed by atoms with Crippen LogP contribution in [0.25, 0.3) is 0 Å². The molecule has 5 atom stereocenters. The van der Waals surface area contributed by atoms with Crippen LogP contribution in [0.15, 0.2) is 60.7 Å². The summed E-state index contributed by atoms with van der Waals surface area (Å²) >= 11 is 12.4. The number of hydrogen-bond donors (Lipinski definition) is 2. The van der Waals surface area contributed by atoms with Gasteiger partial charge in [-0.3, -0.25) is 9.59 Å². The van der Waals surface area contributed by atoms with Crippen LogP contribution in [-0.2, 0) is 19.1 Å². The van der Waals surface area contributed by atoms with Crippen LogP contribution < -0.4 is 14.8 Å². The molecule has 0 saturated carbocycles. The molecule has 2 N–H and O–H groups in total. The molecule has 184 valence electrons. The summed E-state index contributed by atoms with van der Waals surface area (Å²) in [5.41, 5.74) is 1.92. The first-order chi connectivity index (χ1) is 17.4. The van der Waals surface area contributed by atoms with E-state index in [-0.39, 0.29) is 11.8 Å². The number of fused-ring (bicyclic) bond motifs is 6. The molecule has 2 bridgehead atoms. The fourth-order valence-electron chi connectivity index (χ4n) is 4.89. The maximum Gasteiger partial charge on any atom is 0.315 e. The van der Waals surface area contributed by atoms with Crippen molar-refractivity contribution in [2.45, 2.75) is 18.5 Å². The van der Waals surface area contributed by atoms with Crippen LogP contribution in [0.3, 0.4) is 0 Å². The Balaban J connectivity index is 1.45. The fourth-order valence-corrected chi connectivity index (χ4v) is 5.20. The second-order valence-corrected chi connectivity index (χ2v) is 9.50. The van der Waals surface area contributed by atoms with E-state index in [1.807, 2.05) is 0 Å². The van der Waals surface area contributed by atoms with E-state index in [2.05, 4.69) is 5.32 Å². The Kier molecular flexibility index (Phi) is 5.76. The predicted molar refractivity (Wildman–Crippen MR) is 129 cm³/mol. The molecule has 3 heterocycles. The summed E-state index contributed by atoms with van der Waals surface area (Å²) in [6.45, 7) is 0.0868. The first kappa shape index (κ1) is 23.1. The zero-order chi connectivity index (χ0) is 25.0. The smallest absolute Gasteiger partial charge is 0.315 e. The van der Waals surface area contributed by atoms with Crippen LogP contribution in [-0.4, -0.2) is 23.8 Å². The predicted octanol–water partition coefficient (Wildman–Crippen LogP) is 4.95. The second-order valence-electron chi connectivity index (χ2n) is 8.68. The maximum absolute atomic E-state index is 13.8. The average Bonchev–Trinajstić information content (AvgIpc) is 3.24. The van der Waals surface area contributed by atoms with Crippen molar-refractivity contribution < 1.29 is 33.6 Å². The molecule has 0 radical (unpaired) electrons. The van der Waals surface area contributed by atoms with Gasteiger partial charge in [-0.15, -0.1) is 0 Å². The van der Waals surface area contributed by atoms with E-state index in [0.29, 0.717) is 38.9 Å². The highest BCUT2D eigenvalue weighted by molar-refractivity contribution is 6.42. The number of carbonyl (C=O) groups is 2. The minimum Gasteiger partial charge on any atom is -0.454 e. The molecule has 10 heteroatoms. The van der Waals surface area contributed by atoms with Crippen molar-refractivity contribution in [3.05, 3.63) is 87.4 Å². The molecule has 1 saturated heterocycles. The third kappa shape index (κ3) is 3.87. The fraction of sp³-hybridized carbons (Fsp3) is 0.231. The summed E-state index contributed by atoms with van der Waals surface area (Å²) < 4.78 is 22.7. The van der Waals surface area contributed by atoms with Crippen LogP contribution in [0.2, 0.25) is 10.0 Å². The van der Waals surface area contributed by atoms with Crippen molar-refractivity contribution in [3.63, 3.8) is 0 Å². The van der Waals surface area contributed by atoms with Gasteiger partial charge in [0.05, 0.1) is 28.2 Å². The summed E-state index contributed by atoms with van der Waals surface area (Å²) in [6, 6.07) is 16.7. The Morgan fingerprint density at radius 2 is 1.72 bits per heavy atom. The number of aliphatic hydroxyl groups excluding tert-OH is 1. The zero-order valence-electron chi connectivity index (χ0n) is 18.5. The molecule has 1 amide bonds. The molecular formula is C26H19Cl2NO7. The third-order valence-electron chi connectivity index (χ3n) is 6.60. The van der Waals surface area contributed by atoms with Gasteiger partial charge in [0.2, 0.25) is 19.0 Å².